The standard InChI is InChI=1S/C11H10F3NO/c12-11(13,14)8-15-10(16)7-6-9-4-2-1-3-5-9/h1-7H,8H2,(H,15,16). The zero-order chi connectivity index (χ0) is 12.0. The highest BCUT2D eigenvalue weighted by Crippen LogP contribution is 2.12. The van der Waals surface area contributed by atoms with Crippen molar-refractivity contribution >= 4 is 12.0 Å². The molecule has 1 aromatic rings. The monoisotopic (exact) mass is 229 g/mol. The third-order valence-electron chi connectivity index (χ3n) is 1.69. The lowest BCUT2D eigenvalue weighted by Crippen LogP contribution is -2.32. The molecule has 2 nitrogen and oxygen atoms in total. The Morgan fingerprint density at radius 2 is 1.88 bits per heavy atom. The first kappa shape index (κ1) is 12.3. The molecule has 0 aliphatic carbocycles. The zero-order valence-electron chi connectivity index (χ0n) is 8.29. The lowest BCUT2D eigenvalue weighted by atomic mass is 10.2. The van der Waals surface area contributed by atoms with Crippen LogP contribution < -0.4 is 5.32 Å². The Bertz CT molecular complexity index is 371. The molecular formula is C11H10F3NO. The van der Waals surface area contributed by atoms with Crippen molar-refractivity contribution in [3.05, 3.63) is 42.0 Å². The van der Waals surface area contributed by atoms with Crippen LogP contribution >= 0.6 is 0 Å². The van der Waals surface area contributed by atoms with Crippen LogP contribution in [0, 0.1) is 0 Å². The van der Waals surface area contributed by atoms with Gasteiger partial charge in [-0.25, -0.2) is 0 Å². The molecule has 1 rings (SSSR count). The number of amides is 1. The first-order chi connectivity index (χ1) is 7.47. The molecule has 1 aromatic carbocycles. The molecule has 0 radical (unpaired) electrons. The summed E-state index contributed by atoms with van der Waals surface area (Å²) in [6.07, 6.45) is -1.86. The summed E-state index contributed by atoms with van der Waals surface area (Å²) in [7, 11) is 0. The van der Waals surface area contributed by atoms with E-state index in [1.54, 1.807) is 35.6 Å². The summed E-state index contributed by atoms with van der Waals surface area (Å²) in [5, 5.41) is 1.74. The van der Waals surface area contributed by atoms with E-state index in [9.17, 15) is 18.0 Å². The maximum atomic E-state index is 11.7. The molecule has 0 fully saturated rings. The van der Waals surface area contributed by atoms with Crippen molar-refractivity contribution in [3.8, 4) is 0 Å². The van der Waals surface area contributed by atoms with E-state index in [0.29, 0.717) is 0 Å². The number of benzene rings is 1. The van der Waals surface area contributed by atoms with Gasteiger partial charge < -0.3 is 5.32 Å². The molecule has 0 aromatic heterocycles. The van der Waals surface area contributed by atoms with Gasteiger partial charge in [0.25, 0.3) is 0 Å². The molecule has 0 spiro atoms. The summed E-state index contributed by atoms with van der Waals surface area (Å²) in [4.78, 5) is 11.0. The first-order valence-electron chi connectivity index (χ1n) is 4.55. The van der Waals surface area contributed by atoms with Gasteiger partial charge in [0.1, 0.15) is 6.54 Å². The average molecular weight is 229 g/mol. The summed E-state index contributed by atoms with van der Waals surface area (Å²) >= 11 is 0. The number of hydrogen-bond acceptors (Lipinski definition) is 1. The van der Waals surface area contributed by atoms with Crippen LogP contribution in [-0.4, -0.2) is 18.6 Å². The fourth-order valence-corrected chi connectivity index (χ4v) is 0.982. The maximum Gasteiger partial charge on any atom is 0.405 e. The van der Waals surface area contributed by atoms with Crippen LogP contribution in [0.5, 0.6) is 0 Å². The first-order valence-corrected chi connectivity index (χ1v) is 4.55. The topological polar surface area (TPSA) is 29.1 Å². The van der Waals surface area contributed by atoms with Gasteiger partial charge in [-0.1, -0.05) is 30.3 Å². The molecule has 5 heteroatoms. The van der Waals surface area contributed by atoms with Gasteiger partial charge >= 0.3 is 6.18 Å². The summed E-state index contributed by atoms with van der Waals surface area (Å²) < 4.78 is 35.2. The average Bonchev–Trinajstić information content (AvgIpc) is 2.24. The van der Waals surface area contributed by atoms with Gasteiger partial charge in [-0.15, -0.1) is 0 Å². The molecule has 0 aliphatic rings. The van der Waals surface area contributed by atoms with Crippen LogP contribution in [0.15, 0.2) is 36.4 Å². The lowest BCUT2D eigenvalue weighted by Gasteiger charge is -2.05. The van der Waals surface area contributed by atoms with Crippen molar-refractivity contribution in [1.82, 2.24) is 5.32 Å². The Labute approximate surface area is 90.8 Å². The van der Waals surface area contributed by atoms with E-state index >= 15 is 0 Å². The van der Waals surface area contributed by atoms with Crippen LogP contribution in [0.3, 0.4) is 0 Å². The molecule has 0 heterocycles. The van der Waals surface area contributed by atoms with Crippen molar-refractivity contribution in [2.24, 2.45) is 0 Å². The molecule has 1 N–H and O–H groups in total. The van der Waals surface area contributed by atoms with Gasteiger partial charge in [-0.3, -0.25) is 4.79 Å². The highest BCUT2D eigenvalue weighted by Gasteiger charge is 2.27. The predicted molar refractivity (Wildman–Crippen MR) is 54.5 cm³/mol. The Balaban J connectivity index is 2.43. The van der Waals surface area contributed by atoms with E-state index in [1.165, 1.54) is 6.08 Å². The molecule has 0 saturated heterocycles. The normalized spacial score (nSPS) is 11.7. The molecule has 1 amide bonds. The third kappa shape index (κ3) is 5.19. The predicted octanol–water partition coefficient (Wildman–Crippen LogP) is 2.38. The SMILES string of the molecule is O=C(C=Cc1ccccc1)NCC(F)(F)F. The summed E-state index contributed by atoms with van der Waals surface area (Å²) in [6.45, 7) is -1.31. The molecular weight excluding hydrogens is 219 g/mol. The maximum absolute atomic E-state index is 11.7. The second-order valence-electron chi connectivity index (χ2n) is 3.08. The van der Waals surface area contributed by atoms with Gasteiger partial charge in [0.2, 0.25) is 5.91 Å². The van der Waals surface area contributed by atoms with Gasteiger partial charge in [0.15, 0.2) is 0 Å². The zero-order valence-corrected chi connectivity index (χ0v) is 8.29. The third-order valence-corrected chi connectivity index (χ3v) is 1.69. The van der Waals surface area contributed by atoms with Crippen molar-refractivity contribution in [1.29, 1.82) is 0 Å². The van der Waals surface area contributed by atoms with Crippen LogP contribution in [0.25, 0.3) is 6.08 Å². The van der Waals surface area contributed by atoms with Gasteiger partial charge in [-0.2, -0.15) is 13.2 Å². The summed E-state index contributed by atoms with van der Waals surface area (Å²) in [6, 6.07) is 8.84. The lowest BCUT2D eigenvalue weighted by molar-refractivity contribution is -0.135. The van der Waals surface area contributed by atoms with E-state index in [4.69, 9.17) is 0 Å². The number of alkyl halides is 3. The fraction of sp³-hybridized carbons (Fsp3) is 0.182. The second kappa shape index (κ2) is 5.34. The van der Waals surface area contributed by atoms with Gasteiger partial charge in [-0.05, 0) is 11.6 Å². The number of hydrogen-bond donors (Lipinski definition) is 1. The van der Waals surface area contributed by atoms with Crippen molar-refractivity contribution in [2.45, 2.75) is 6.18 Å². The van der Waals surface area contributed by atoms with Crippen LogP contribution in [0.2, 0.25) is 0 Å². The highest BCUT2D eigenvalue weighted by molar-refractivity contribution is 5.91. The largest absolute Gasteiger partial charge is 0.405 e. The number of nitrogens with one attached hydrogen (secondary N) is 1. The quantitative estimate of drug-likeness (QED) is 0.792. The van der Waals surface area contributed by atoms with Gasteiger partial charge in [0.05, 0.1) is 0 Å². The fourth-order valence-electron chi connectivity index (χ4n) is 0.982. The number of rotatable bonds is 3. The summed E-state index contributed by atoms with van der Waals surface area (Å²) in [5.74, 6) is -0.763. The van der Waals surface area contributed by atoms with Gasteiger partial charge in [0, 0.05) is 6.08 Å². The molecule has 0 atom stereocenters. The van der Waals surface area contributed by atoms with Crippen molar-refractivity contribution < 1.29 is 18.0 Å². The van der Waals surface area contributed by atoms with Crippen LogP contribution in [0.4, 0.5) is 13.2 Å². The Morgan fingerprint density at radius 3 is 2.44 bits per heavy atom. The number of carbonyl (C=O) groups is 1. The minimum Gasteiger partial charge on any atom is -0.343 e. The smallest absolute Gasteiger partial charge is 0.343 e. The summed E-state index contributed by atoms with van der Waals surface area (Å²) in [5.41, 5.74) is 0.754. The van der Waals surface area contributed by atoms with Crippen LogP contribution in [0.1, 0.15) is 5.56 Å². The molecule has 86 valence electrons. The Morgan fingerprint density at radius 1 is 1.25 bits per heavy atom. The molecule has 0 bridgehead atoms. The Kier molecular flexibility index (Phi) is 4.10. The minimum absolute atomic E-state index is 0.754. The van der Waals surface area contributed by atoms with E-state index in [2.05, 4.69) is 0 Å². The van der Waals surface area contributed by atoms with Crippen LogP contribution in [-0.2, 0) is 4.79 Å². The minimum atomic E-state index is -4.38. The van der Waals surface area contributed by atoms with E-state index in [-0.39, 0.29) is 0 Å². The van der Waals surface area contributed by atoms with E-state index < -0.39 is 18.6 Å². The van der Waals surface area contributed by atoms with E-state index in [1.807, 2.05) is 0 Å². The second-order valence-corrected chi connectivity index (χ2v) is 3.08. The number of halogens is 3. The highest BCUT2D eigenvalue weighted by atomic mass is 19.4. The number of carbonyl (C=O) groups excluding carboxylic acids is 1. The Hall–Kier alpha value is -1.78. The molecule has 0 unspecified atom stereocenters. The molecule has 16 heavy (non-hydrogen) atoms. The van der Waals surface area contributed by atoms with E-state index in [0.717, 1.165) is 11.6 Å². The molecule has 0 aliphatic heterocycles. The van der Waals surface area contributed by atoms with Crippen molar-refractivity contribution in [2.75, 3.05) is 6.54 Å². The molecule has 0 saturated carbocycles. The van der Waals surface area contributed by atoms with Crippen molar-refractivity contribution in [3.63, 3.8) is 0 Å².